The monoisotopic (exact) mass is 284 g/mol. The van der Waals surface area contributed by atoms with E-state index in [4.69, 9.17) is 14.9 Å². The number of hydroxylamine groups is 2. The Balaban J connectivity index is 0.00000180. The topological polar surface area (TPSA) is 65.8 Å². The fourth-order valence-electron chi connectivity index (χ4n) is 2.03. The first-order valence-corrected chi connectivity index (χ1v) is 5.53. The van der Waals surface area contributed by atoms with Crippen molar-refractivity contribution < 1.29 is 14.7 Å². The molecular weight excluding hydrogens is 268 g/mol. The van der Waals surface area contributed by atoms with E-state index in [-0.39, 0.29) is 18.2 Å². The second-order valence-electron chi connectivity index (χ2n) is 4.12. The molecule has 0 fully saturated rings. The Kier molecular flexibility index (Phi) is 4.80. The van der Waals surface area contributed by atoms with Gasteiger partial charge in [-0.15, -0.1) is 12.4 Å². The zero-order chi connectivity index (χ0) is 13.3. The first kappa shape index (κ1) is 15.3. The summed E-state index contributed by atoms with van der Waals surface area (Å²) in [6.45, 7) is 0. The third-order valence-corrected chi connectivity index (χ3v) is 2.98. The molecule has 2 rings (SSSR count). The number of hydrogen-bond acceptors (Lipinski definition) is 4. The highest BCUT2D eigenvalue weighted by atomic mass is 35.5. The van der Waals surface area contributed by atoms with Gasteiger partial charge in [0.1, 0.15) is 5.84 Å². The maximum atomic E-state index is 9.28. The first-order valence-electron chi connectivity index (χ1n) is 5.53. The van der Waals surface area contributed by atoms with E-state index in [1.807, 2.05) is 18.2 Å². The van der Waals surface area contributed by atoms with Gasteiger partial charge in [-0.1, -0.05) is 0 Å². The molecule has 0 spiro atoms. The predicted molar refractivity (Wildman–Crippen MR) is 75.8 cm³/mol. The van der Waals surface area contributed by atoms with Gasteiger partial charge >= 0.3 is 0 Å². The number of likely N-dealkylation sites (N-methyl/N-ethyl adjacent to an activating group) is 1. The number of benzene rings is 1. The normalized spacial score (nSPS) is 12.1. The van der Waals surface area contributed by atoms with Gasteiger partial charge in [0.15, 0.2) is 11.5 Å². The highest BCUT2D eigenvalue weighted by Gasteiger charge is 2.20. The van der Waals surface area contributed by atoms with Crippen molar-refractivity contribution in [3.05, 3.63) is 28.8 Å². The lowest BCUT2D eigenvalue weighted by Gasteiger charge is -2.12. The molecule has 5 nitrogen and oxygen atoms in total. The van der Waals surface area contributed by atoms with Crippen molar-refractivity contribution in [3.8, 4) is 11.5 Å². The Hall–Kier alpha value is -1.72. The largest absolute Gasteiger partial charge is 0.493 e. The number of nitrogens with zero attached hydrogens (tertiary/aromatic N) is 1. The third kappa shape index (κ3) is 2.83. The number of halogens is 1. The van der Waals surface area contributed by atoms with Crippen LogP contribution in [-0.2, 0) is 6.42 Å². The summed E-state index contributed by atoms with van der Waals surface area (Å²) >= 11 is 0. The zero-order valence-electron chi connectivity index (χ0n) is 11.1. The van der Waals surface area contributed by atoms with Crippen LogP contribution in [0.1, 0.15) is 11.1 Å². The lowest BCUT2D eigenvalue weighted by atomic mass is 10.1. The number of ether oxygens (including phenoxy) is 2. The summed E-state index contributed by atoms with van der Waals surface area (Å²) in [5.74, 6) is 1.44. The van der Waals surface area contributed by atoms with E-state index < -0.39 is 0 Å². The number of nitrogens with one attached hydrogen (secondary N) is 1. The average molecular weight is 285 g/mol. The summed E-state index contributed by atoms with van der Waals surface area (Å²) < 4.78 is 10.5. The minimum atomic E-state index is 0. The van der Waals surface area contributed by atoms with E-state index in [1.54, 1.807) is 14.2 Å². The summed E-state index contributed by atoms with van der Waals surface area (Å²) in [6, 6.07) is 3.79. The van der Waals surface area contributed by atoms with Gasteiger partial charge in [-0.25, -0.2) is 5.06 Å². The lowest BCUT2D eigenvalue weighted by molar-refractivity contribution is 0.0130. The van der Waals surface area contributed by atoms with Crippen LogP contribution in [0.4, 0.5) is 0 Å². The van der Waals surface area contributed by atoms with Gasteiger partial charge < -0.3 is 9.47 Å². The number of hydrogen-bond donors (Lipinski definition) is 2. The van der Waals surface area contributed by atoms with E-state index in [0.717, 1.165) is 21.8 Å². The average Bonchev–Trinajstić information content (AvgIpc) is 2.78. The number of methoxy groups -OCH3 is 2. The Morgan fingerprint density at radius 1 is 1.26 bits per heavy atom. The van der Waals surface area contributed by atoms with Crippen LogP contribution in [0.3, 0.4) is 0 Å². The molecule has 0 atom stereocenters. The van der Waals surface area contributed by atoms with Gasteiger partial charge in [0.05, 0.1) is 14.2 Å². The van der Waals surface area contributed by atoms with Gasteiger partial charge in [-0.05, 0) is 29.3 Å². The highest BCUT2D eigenvalue weighted by molar-refractivity contribution is 6.01. The van der Waals surface area contributed by atoms with Crippen LogP contribution in [0, 0.1) is 5.41 Å². The Bertz CT molecular complexity index is 527. The van der Waals surface area contributed by atoms with Crippen molar-refractivity contribution in [1.29, 1.82) is 5.41 Å². The number of rotatable bonds is 3. The van der Waals surface area contributed by atoms with Crippen LogP contribution >= 0.6 is 12.4 Å². The second kappa shape index (κ2) is 5.95. The molecule has 0 unspecified atom stereocenters. The van der Waals surface area contributed by atoms with Crippen molar-refractivity contribution in [2.75, 3.05) is 21.3 Å². The standard InChI is InChI=1S/C13H16N2O3.ClH/c1-15(16)13(14)10-4-8-6-11(17-2)12(18-3)7-9(8)5-10;/h4,6-7,14,16H,5H2,1-3H3;1H. The summed E-state index contributed by atoms with van der Waals surface area (Å²) in [4.78, 5) is 0. The molecule has 1 aliphatic rings. The first-order chi connectivity index (χ1) is 8.56. The smallest absolute Gasteiger partial charge is 0.161 e. The van der Waals surface area contributed by atoms with Crippen molar-refractivity contribution in [3.63, 3.8) is 0 Å². The number of fused-ring (bicyclic) bond motifs is 1. The minimum Gasteiger partial charge on any atom is -0.493 e. The van der Waals surface area contributed by atoms with E-state index in [9.17, 15) is 5.21 Å². The van der Waals surface area contributed by atoms with Gasteiger partial charge in [-0.3, -0.25) is 10.6 Å². The van der Waals surface area contributed by atoms with Crippen LogP contribution in [0.15, 0.2) is 17.7 Å². The molecule has 0 bridgehead atoms. The maximum Gasteiger partial charge on any atom is 0.161 e. The maximum absolute atomic E-state index is 9.28. The summed E-state index contributed by atoms with van der Waals surface area (Å²) in [5.41, 5.74) is 2.83. The molecule has 1 aliphatic carbocycles. The van der Waals surface area contributed by atoms with Gasteiger partial charge in [0.25, 0.3) is 0 Å². The molecule has 2 N–H and O–H groups in total. The van der Waals surface area contributed by atoms with Crippen molar-refractivity contribution in [2.45, 2.75) is 6.42 Å². The van der Waals surface area contributed by atoms with Gasteiger partial charge in [0.2, 0.25) is 0 Å². The fourth-order valence-corrected chi connectivity index (χ4v) is 2.03. The van der Waals surface area contributed by atoms with Crippen molar-refractivity contribution in [2.24, 2.45) is 0 Å². The van der Waals surface area contributed by atoms with Crippen LogP contribution in [-0.4, -0.2) is 37.4 Å². The molecule has 0 amide bonds. The van der Waals surface area contributed by atoms with Gasteiger partial charge in [0, 0.05) is 19.0 Å². The Morgan fingerprint density at radius 3 is 2.37 bits per heavy atom. The summed E-state index contributed by atoms with van der Waals surface area (Å²) in [5, 5.41) is 17.9. The Morgan fingerprint density at radius 2 is 1.84 bits per heavy atom. The quantitative estimate of drug-likeness (QED) is 0.508. The molecule has 1 aromatic carbocycles. The molecule has 0 saturated carbocycles. The van der Waals surface area contributed by atoms with E-state index in [0.29, 0.717) is 17.9 Å². The molecule has 0 aromatic heterocycles. The zero-order valence-corrected chi connectivity index (χ0v) is 11.9. The highest BCUT2D eigenvalue weighted by Crippen LogP contribution is 2.36. The molecule has 0 heterocycles. The molecule has 1 aromatic rings. The predicted octanol–water partition coefficient (Wildman–Crippen LogP) is 2.36. The Labute approximate surface area is 118 Å². The second-order valence-corrected chi connectivity index (χ2v) is 4.12. The summed E-state index contributed by atoms with van der Waals surface area (Å²) in [7, 11) is 4.62. The van der Waals surface area contributed by atoms with E-state index in [2.05, 4.69) is 0 Å². The minimum absolute atomic E-state index is 0. The molecule has 0 radical (unpaired) electrons. The van der Waals surface area contributed by atoms with Crippen molar-refractivity contribution in [1.82, 2.24) is 5.06 Å². The van der Waals surface area contributed by atoms with Crippen LogP contribution in [0.2, 0.25) is 0 Å². The molecule has 19 heavy (non-hydrogen) atoms. The van der Waals surface area contributed by atoms with Gasteiger partial charge in [-0.2, -0.15) is 0 Å². The molecule has 6 heteroatoms. The fraction of sp³-hybridized carbons (Fsp3) is 0.308. The number of amidine groups is 1. The van der Waals surface area contributed by atoms with Crippen LogP contribution in [0.5, 0.6) is 11.5 Å². The van der Waals surface area contributed by atoms with Crippen molar-refractivity contribution >= 4 is 24.3 Å². The summed E-state index contributed by atoms with van der Waals surface area (Å²) in [6.07, 6.45) is 2.49. The molecular formula is C13H17ClN2O3. The lowest BCUT2D eigenvalue weighted by Crippen LogP contribution is -2.23. The van der Waals surface area contributed by atoms with E-state index in [1.165, 1.54) is 7.05 Å². The SMILES string of the molecule is COc1cc2c(cc1OC)CC(C(=N)N(C)O)=C2.Cl. The molecule has 104 valence electrons. The van der Waals surface area contributed by atoms with E-state index >= 15 is 0 Å². The molecule has 0 aliphatic heterocycles. The van der Waals surface area contributed by atoms with Crippen LogP contribution in [0.25, 0.3) is 6.08 Å². The van der Waals surface area contributed by atoms with Crippen LogP contribution < -0.4 is 9.47 Å². The third-order valence-electron chi connectivity index (χ3n) is 2.98. The molecule has 0 saturated heterocycles.